The number of nitrogens with zero attached hydrogens (tertiary/aromatic N) is 6. The molecule has 0 spiro atoms. The summed E-state index contributed by atoms with van der Waals surface area (Å²) in [7, 11) is 0. The van der Waals surface area contributed by atoms with E-state index in [2.05, 4.69) is 5.32 Å². The normalized spacial score (nSPS) is 19.6. The van der Waals surface area contributed by atoms with Crippen molar-refractivity contribution in [3.8, 4) is 0 Å². The molecule has 0 saturated carbocycles. The lowest BCUT2D eigenvalue weighted by molar-refractivity contribution is -0.140. The molecule has 266 valence electrons. The number of carbonyl (C=O) groups is 6. The highest BCUT2D eigenvalue weighted by atomic mass is 35.5. The maximum atomic E-state index is 13.1. The second-order valence-electron chi connectivity index (χ2n) is 11.8. The van der Waals surface area contributed by atoms with E-state index in [9.17, 15) is 44.1 Å². The number of amides is 4. The zero-order valence-electron chi connectivity index (χ0n) is 26.9. The molecule has 1 aromatic carbocycles. The zero-order chi connectivity index (χ0) is 35.4. The van der Waals surface area contributed by atoms with Crippen LogP contribution in [-0.2, 0) is 24.0 Å². The van der Waals surface area contributed by atoms with E-state index >= 15 is 0 Å². The highest BCUT2D eigenvalue weighted by molar-refractivity contribution is 6.35. The molecule has 4 amide bonds. The first-order valence-electron chi connectivity index (χ1n) is 15.7. The lowest BCUT2D eigenvalue weighted by atomic mass is 10.2. The van der Waals surface area contributed by atoms with Crippen LogP contribution in [0.15, 0.2) is 18.2 Å². The topological polar surface area (TPSA) is 195 Å². The van der Waals surface area contributed by atoms with Crippen molar-refractivity contribution in [2.24, 2.45) is 0 Å². The van der Waals surface area contributed by atoms with Crippen LogP contribution in [0.3, 0.4) is 0 Å². The van der Waals surface area contributed by atoms with E-state index in [0.29, 0.717) is 67.8 Å². The SMILES string of the molecule is C[C@@H]1C(=O)N(c2cc(Cl)cc(Cl)c2)C(=O)N1CCCCNC(=O)CN1CCN(CC(=O)O)CCN(CC(=O)O)CCN(CC(=O)O)CC1. The number of imide groups is 1. The summed E-state index contributed by atoms with van der Waals surface area (Å²) in [5.74, 6) is -3.75. The molecule has 3 rings (SSSR count). The Bertz CT molecular complexity index is 1290. The number of carboxylic acids is 3. The summed E-state index contributed by atoms with van der Waals surface area (Å²) in [4.78, 5) is 82.5. The highest BCUT2D eigenvalue weighted by Crippen LogP contribution is 2.30. The van der Waals surface area contributed by atoms with Crippen molar-refractivity contribution in [1.29, 1.82) is 0 Å². The van der Waals surface area contributed by atoms with Crippen molar-refractivity contribution in [2.45, 2.75) is 25.8 Å². The van der Waals surface area contributed by atoms with Gasteiger partial charge in [0.15, 0.2) is 0 Å². The third-order valence-corrected chi connectivity index (χ3v) is 8.55. The Labute approximate surface area is 288 Å². The van der Waals surface area contributed by atoms with Crippen LogP contribution in [0.1, 0.15) is 19.8 Å². The van der Waals surface area contributed by atoms with Gasteiger partial charge in [-0.15, -0.1) is 0 Å². The van der Waals surface area contributed by atoms with Crippen molar-refractivity contribution >= 4 is 64.6 Å². The molecule has 2 fully saturated rings. The molecule has 0 aliphatic carbocycles. The molecule has 1 atom stereocenters. The molecular formula is C30H43Cl2N7O9. The van der Waals surface area contributed by atoms with Crippen molar-refractivity contribution < 1.29 is 44.1 Å². The van der Waals surface area contributed by atoms with Gasteiger partial charge in [0, 0.05) is 75.5 Å². The predicted octanol–water partition coefficient (Wildman–Crippen LogP) is 0.522. The Morgan fingerprint density at radius 1 is 0.708 bits per heavy atom. The molecule has 0 unspecified atom stereocenters. The molecule has 2 aliphatic rings. The van der Waals surface area contributed by atoms with Gasteiger partial charge >= 0.3 is 23.9 Å². The van der Waals surface area contributed by atoms with Crippen LogP contribution in [0, 0.1) is 0 Å². The van der Waals surface area contributed by atoms with E-state index < -0.39 is 30.0 Å². The number of carboxylic acid groups (broad SMARTS) is 3. The Hall–Kier alpha value is -3.54. The first-order valence-corrected chi connectivity index (χ1v) is 16.4. The number of urea groups is 1. The second kappa shape index (κ2) is 18.9. The van der Waals surface area contributed by atoms with E-state index in [1.54, 1.807) is 21.6 Å². The zero-order valence-corrected chi connectivity index (χ0v) is 28.4. The van der Waals surface area contributed by atoms with Gasteiger partial charge in [-0.05, 0) is 38.0 Å². The molecular weight excluding hydrogens is 673 g/mol. The number of hydrogen-bond donors (Lipinski definition) is 4. The molecule has 2 heterocycles. The molecule has 0 bridgehead atoms. The van der Waals surface area contributed by atoms with Gasteiger partial charge in [0.2, 0.25) is 5.91 Å². The second-order valence-corrected chi connectivity index (χ2v) is 12.7. The standard InChI is InChI=1S/C30H43Cl2N7O9/c1-21-29(47)39(24-15-22(31)14-23(32)16-24)30(48)38(21)5-3-2-4-33-25(40)17-34-6-8-35(18-26(41)42)10-12-37(20-28(45)46)13-11-36(9-7-34)19-27(43)44/h14-16,21H,2-13,17-20H2,1H3,(H,33,40)(H,41,42)(H,43,44)(H,45,46)/t21-/m1/s1. The molecule has 48 heavy (non-hydrogen) atoms. The van der Waals surface area contributed by atoms with E-state index in [-0.39, 0.29) is 64.2 Å². The monoisotopic (exact) mass is 715 g/mol. The predicted molar refractivity (Wildman–Crippen MR) is 176 cm³/mol. The summed E-state index contributed by atoms with van der Waals surface area (Å²) in [5.41, 5.74) is 0.295. The number of anilines is 1. The van der Waals surface area contributed by atoms with Crippen LogP contribution in [0.4, 0.5) is 10.5 Å². The van der Waals surface area contributed by atoms with Crippen LogP contribution in [0.25, 0.3) is 0 Å². The van der Waals surface area contributed by atoms with Gasteiger partial charge in [-0.25, -0.2) is 9.69 Å². The summed E-state index contributed by atoms with van der Waals surface area (Å²) in [5, 5.41) is 31.5. The van der Waals surface area contributed by atoms with Crippen LogP contribution < -0.4 is 10.2 Å². The van der Waals surface area contributed by atoms with Crippen LogP contribution >= 0.6 is 23.2 Å². The molecule has 4 N–H and O–H groups in total. The Morgan fingerprint density at radius 3 is 1.54 bits per heavy atom. The number of hydrogen-bond acceptors (Lipinski definition) is 10. The fraction of sp³-hybridized carbons (Fsp3) is 0.600. The molecule has 0 radical (unpaired) electrons. The summed E-state index contributed by atoms with van der Waals surface area (Å²) in [6.45, 7) is 3.91. The van der Waals surface area contributed by atoms with Gasteiger partial charge in [-0.2, -0.15) is 0 Å². The summed E-state index contributed by atoms with van der Waals surface area (Å²) in [6.07, 6.45) is 1.05. The number of carbonyl (C=O) groups excluding carboxylic acids is 3. The number of rotatable bonds is 14. The van der Waals surface area contributed by atoms with Gasteiger partial charge in [0.05, 0.1) is 31.9 Å². The maximum Gasteiger partial charge on any atom is 0.332 e. The Kier molecular flexibility index (Phi) is 15.3. The van der Waals surface area contributed by atoms with Crippen LogP contribution in [0.2, 0.25) is 10.0 Å². The van der Waals surface area contributed by atoms with Crippen molar-refractivity contribution in [3.63, 3.8) is 0 Å². The summed E-state index contributed by atoms with van der Waals surface area (Å²) < 4.78 is 0. The molecule has 18 heteroatoms. The largest absolute Gasteiger partial charge is 0.480 e. The number of unbranched alkanes of at least 4 members (excludes halogenated alkanes) is 1. The van der Waals surface area contributed by atoms with Gasteiger partial charge < -0.3 is 25.5 Å². The quantitative estimate of drug-likeness (QED) is 0.154. The third-order valence-electron chi connectivity index (χ3n) is 8.11. The number of nitrogens with one attached hydrogen (secondary N) is 1. The smallest absolute Gasteiger partial charge is 0.332 e. The van der Waals surface area contributed by atoms with E-state index in [0.717, 1.165) is 4.90 Å². The third kappa shape index (κ3) is 12.5. The first-order chi connectivity index (χ1) is 22.7. The van der Waals surface area contributed by atoms with Gasteiger partial charge in [0.25, 0.3) is 5.91 Å². The van der Waals surface area contributed by atoms with E-state index in [1.807, 2.05) is 4.90 Å². The Morgan fingerprint density at radius 2 is 1.12 bits per heavy atom. The highest BCUT2D eigenvalue weighted by Gasteiger charge is 2.43. The van der Waals surface area contributed by atoms with E-state index in [4.69, 9.17) is 23.2 Å². The minimum absolute atomic E-state index is 0.000262. The number of aliphatic carboxylic acids is 3. The lowest BCUT2D eigenvalue weighted by Crippen LogP contribution is -2.49. The molecule has 2 aliphatic heterocycles. The van der Waals surface area contributed by atoms with Crippen LogP contribution in [0.5, 0.6) is 0 Å². The fourth-order valence-corrected chi connectivity index (χ4v) is 6.10. The van der Waals surface area contributed by atoms with Gasteiger partial charge in [0.1, 0.15) is 6.04 Å². The molecule has 1 aromatic rings. The molecule has 16 nitrogen and oxygen atoms in total. The molecule has 2 saturated heterocycles. The maximum absolute atomic E-state index is 13.1. The van der Waals surface area contributed by atoms with Gasteiger partial charge in [-0.1, -0.05) is 23.2 Å². The average Bonchev–Trinajstić information content (AvgIpc) is 3.19. The first kappa shape index (κ1) is 38.9. The number of halogens is 2. The van der Waals surface area contributed by atoms with Crippen molar-refractivity contribution in [1.82, 2.24) is 29.8 Å². The van der Waals surface area contributed by atoms with Crippen LogP contribution in [-0.4, -0.2) is 173 Å². The molecule has 0 aromatic heterocycles. The minimum atomic E-state index is -1.03. The average molecular weight is 717 g/mol. The number of benzene rings is 1. The lowest BCUT2D eigenvalue weighted by Gasteiger charge is -2.32. The summed E-state index contributed by atoms with van der Waals surface area (Å²) >= 11 is 12.1. The van der Waals surface area contributed by atoms with Gasteiger partial charge in [-0.3, -0.25) is 43.6 Å². The Balaban J connectivity index is 1.53. The minimum Gasteiger partial charge on any atom is -0.480 e. The van der Waals surface area contributed by atoms with Crippen molar-refractivity contribution in [3.05, 3.63) is 28.2 Å². The summed E-state index contributed by atoms with van der Waals surface area (Å²) in [6, 6.07) is 3.34. The van der Waals surface area contributed by atoms with Crippen molar-refractivity contribution in [2.75, 3.05) is 96.5 Å². The van der Waals surface area contributed by atoms with E-state index in [1.165, 1.54) is 23.1 Å². The fourth-order valence-electron chi connectivity index (χ4n) is 5.58.